The molecule has 33 heavy (non-hydrogen) atoms. The van der Waals surface area contributed by atoms with Crippen LogP contribution < -0.4 is 10.2 Å². The van der Waals surface area contributed by atoms with Gasteiger partial charge in [0.1, 0.15) is 11.8 Å². The van der Waals surface area contributed by atoms with Gasteiger partial charge < -0.3 is 19.9 Å². The molecule has 166 valence electrons. The van der Waals surface area contributed by atoms with Crippen LogP contribution in [0.2, 0.25) is 15.1 Å². The molecule has 1 aliphatic rings. The Bertz CT molecular complexity index is 1340. The zero-order valence-corrected chi connectivity index (χ0v) is 20.1. The van der Waals surface area contributed by atoms with Crippen molar-refractivity contribution in [2.75, 3.05) is 4.90 Å². The number of rotatable bonds is 4. The predicted molar refractivity (Wildman–Crippen MR) is 137 cm³/mol. The first-order valence-corrected chi connectivity index (χ1v) is 11.6. The number of phenols is 1. The Morgan fingerprint density at radius 2 is 1.70 bits per heavy atom. The molecule has 2 aromatic heterocycles. The van der Waals surface area contributed by atoms with Gasteiger partial charge in [0.25, 0.3) is 0 Å². The van der Waals surface area contributed by atoms with Crippen molar-refractivity contribution in [3.05, 3.63) is 106 Å². The molecule has 1 aliphatic heterocycles. The summed E-state index contributed by atoms with van der Waals surface area (Å²) in [6.07, 6.45) is 3.67. The number of pyridine rings is 1. The highest BCUT2D eigenvalue weighted by Crippen LogP contribution is 2.45. The summed E-state index contributed by atoms with van der Waals surface area (Å²) in [4.78, 5) is 6.43. The zero-order valence-electron chi connectivity index (χ0n) is 17.0. The van der Waals surface area contributed by atoms with Gasteiger partial charge >= 0.3 is 0 Å². The van der Waals surface area contributed by atoms with Crippen LogP contribution in [0.15, 0.2) is 79.1 Å². The average Bonchev–Trinajstić information content (AvgIpc) is 3.40. The first-order chi connectivity index (χ1) is 15.9. The van der Waals surface area contributed by atoms with E-state index in [1.54, 1.807) is 36.5 Å². The lowest BCUT2D eigenvalue weighted by Gasteiger charge is -2.29. The number of hydrogen-bond donors (Lipinski definition) is 2. The molecule has 5 rings (SSSR count). The van der Waals surface area contributed by atoms with Crippen LogP contribution in [0, 0.1) is 0 Å². The fraction of sp³-hybridized carbons (Fsp3) is 0.0833. The van der Waals surface area contributed by atoms with E-state index < -0.39 is 0 Å². The normalized spacial score (nSPS) is 17.9. The van der Waals surface area contributed by atoms with Crippen LogP contribution in [0.25, 0.3) is 5.69 Å². The first-order valence-electron chi connectivity index (χ1n) is 10.1. The van der Waals surface area contributed by atoms with Crippen molar-refractivity contribution in [3.8, 4) is 11.4 Å². The molecule has 0 unspecified atom stereocenters. The number of phenolic OH excluding ortho intramolecular Hbond substituents is 1. The largest absolute Gasteiger partial charge is 0.506 e. The number of benzene rings is 2. The van der Waals surface area contributed by atoms with E-state index in [-0.39, 0.29) is 17.8 Å². The molecule has 5 nitrogen and oxygen atoms in total. The predicted octanol–water partition coefficient (Wildman–Crippen LogP) is 6.72. The monoisotopic (exact) mass is 514 g/mol. The van der Waals surface area contributed by atoms with Crippen LogP contribution in [0.1, 0.15) is 23.5 Å². The molecule has 0 radical (unpaired) electrons. The molecule has 1 fully saturated rings. The Kier molecular flexibility index (Phi) is 5.93. The Morgan fingerprint density at radius 3 is 2.45 bits per heavy atom. The van der Waals surface area contributed by atoms with Gasteiger partial charge in [-0.1, -0.05) is 40.9 Å². The second kappa shape index (κ2) is 8.88. The van der Waals surface area contributed by atoms with Gasteiger partial charge in [-0.15, -0.1) is 0 Å². The van der Waals surface area contributed by atoms with Crippen LogP contribution in [-0.2, 0) is 0 Å². The Balaban J connectivity index is 1.71. The van der Waals surface area contributed by atoms with Crippen molar-refractivity contribution in [3.63, 3.8) is 0 Å². The molecule has 0 aliphatic carbocycles. The summed E-state index contributed by atoms with van der Waals surface area (Å²) in [5, 5.41) is 16.1. The number of hydrogen-bond acceptors (Lipinski definition) is 3. The van der Waals surface area contributed by atoms with Gasteiger partial charge in [0.15, 0.2) is 5.11 Å². The standard InChI is InChI=1S/C24H17Cl3N4OS/c25-14-6-8-18(16(27)12-14)30-11-3-5-19(30)23-22(17-4-1-2-10-28-17)29-24(33)31(23)20-13-15(26)7-9-21(20)32/h1-13,22-23,32H,(H,29,33)/t22-,23+/m1/s1. The van der Waals surface area contributed by atoms with Gasteiger partial charge in [-0.2, -0.15) is 0 Å². The van der Waals surface area contributed by atoms with E-state index in [4.69, 9.17) is 47.0 Å². The highest BCUT2D eigenvalue weighted by molar-refractivity contribution is 7.80. The summed E-state index contributed by atoms with van der Waals surface area (Å²) in [6, 6.07) is 19.3. The van der Waals surface area contributed by atoms with Gasteiger partial charge in [0.2, 0.25) is 0 Å². The molecule has 2 atom stereocenters. The highest BCUT2D eigenvalue weighted by Gasteiger charge is 2.43. The maximum absolute atomic E-state index is 10.7. The molecule has 0 spiro atoms. The number of nitrogens with one attached hydrogen (secondary N) is 1. The van der Waals surface area contributed by atoms with Gasteiger partial charge in [-0.05, 0) is 72.9 Å². The summed E-state index contributed by atoms with van der Waals surface area (Å²) >= 11 is 24.7. The van der Waals surface area contributed by atoms with Gasteiger partial charge in [-0.3, -0.25) is 4.98 Å². The number of anilines is 1. The van der Waals surface area contributed by atoms with Crippen molar-refractivity contribution in [2.24, 2.45) is 0 Å². The number of halogens is 3. The lowest BCUT2D eigenvalue weighted by atomic mass is 10.0. The van der Waals surface area contributed by atoms with Gasteiger partial charge in [0.05, 0.1) is 28.1 Å². The second-order valence-corrected chi connectivity index (χ2v) is 9.20. The first kappa shape index (κ1) is 22.0. The Hall–Kier alpha value is -2.77. The van der Waals surface area contributed by atoms with Crippen LogP contribution in [-0.4, -0.2) is 19.8 Å². The van der Waals surface area contributed by atoms with Crippen LogP contribution in [0.4, 0.5) is 5.69 Å². The molecular weight excluding hydrogens is 499 g/mol. The topological polar surface area (TPSA) is 53.3 Å². The van der Waals surface area contributed by atoms with E-state index in [1.165, 1.54) is 0 Å². The van der Waals surface area contributed by atoms with Crippen molar-refractivity contribution in [1.82, 2.24) is 14.9 Å². The van der Waals surface area contributed by atoms with E-state index >= 15 is 0 Å². The summed E-state index contributed by atoms with van der Waals surface area (Å²) in [7, 11) is 0. The number of thiocarbonyl (C=S) groups is 1. The maximum Gasteiger partial charge on any atom is 0.174 e. The quantitative estimate of drug-likeness (QED) is 0.296. The van der Waals surface area contributed by atoms with Gasteiger partial charge in [0, 0.05) is 28.1 Å². The maximum atomic E-state index is 10.7. The molecule has 9 heteroatoms. The SMILES string of the molecule is Oc1ccc(Cl)cc1N1C(=S)N[C@H](c2ccccn2)[C@@H]1c1cccn1-c1ccc(Cl)cc1Cl. The molecule has 2 N–H and O–H groups in total. The van der Waals surface area contributed by atoms with Crippen molar-refractivity contribution in [1.29, 1.82) is 0 Å². The van der Waals surface area contributed by atoms with Crippen molar-refractivity contribution >= 4 is 57.8 Å². The third-order valence-corrected chi connectivity index (χ3v) is 6.64. The second-order valence-electron chi connectivity index (χ2n) is 7.53. The summed E-state index contributed by atoms with van der Waals surface area (Å²) in [5.41, 5.74) is 2.97. The van der Waals surface area contributed by atoms with E-state index in [1.807, 2.05) is 52.1 Å². The number of nitrogens with zero attached hydrogens (tertiary/aromatic N) is 3. The molecule has 3 heterocycles. The minimum Gasteiger partial charge on any atom is -0.506 e. The van der Waals surface area contributed by atoms with E-state index in [2.05, 4.69) is 10.3 Å². The lowest BCUT2D eigenvalue weighted by molar-refractivity contribution is 0.472. The van der Waals surface area contributed by atoms with E-state index in [9.17, 15) is 5.11 Å². The Labute approximate surface area is 211 Å². The molecule has 0 saturated carbocycles. The summed E-state index contributed by atoms with van der Waals surface area (Å²) < 4.78 is 1.99. The van der Waals surface area contributed by atoms with Crippen LogP contribution in [0.3, 0.4) is 0 Å². The number of aromatic hydroxyl groups is 1. The molecular formula is C24H17Cl3N4OS. The third kappa shape index (κ3) is 4.04. The minimum absolute atomic E-state index is 0.0675. The van der Waals surface area contributed by atoms with E-state index in [0.29, 0.717) is 25.9 Å². The lowest BCUT2D eigenvalue weighted by Crippen LogP contribution is -2.30. The smallest absolute Gasteiger partial charge is 0.174 e. The number of aromatic nitrogens is 2. The van der Waals surface area contributed by atoms with Crippen LogP contribution >= 0.6 is 47.0 Å². The van der Waals surface area contributed by atoms with E-state index in [0.717, 1.165) is 17.1 Å². The summed E-state index contributed by atoms with van der Waals surface area (Å²) in [6.45, 7) is 0. The highest BCUT2D eigenvalue weighted by atomic mass is 35.5. The fourth-order valence-corrected chi connectivity index (χ4v) is 5.14. The fourth-order valence-electron chi connectivity index (χ4n) is 4.14. The molecule has 2 aromatic carbocycles. The molecule has 1 saturated heterocycles. The Morgan fingerprint density at radius 1 is 0.909 bits per heavy atom. The van der Waals surface area contributed by atoms with Crippen molar-refractivity contribution in [2.45, 2.75) is 12.1 Å². The third-order valence-electron chi connectivity index (χ3n) is 5.55. The van der Waals surface area contributed by atoms with Crippen LogP contribution in [0.5, 0.6) is 5.75 Å². The van der Waals surface area contributed by atoms with Gasteiger partial charge in [-0.25, -0.2) is 0 Å². The average molecular weight is 516 g/mol. The minimum atomic E-state index is -0.362. The van der Waals surface area contributed by atoms with Crippen molar-refractivity contribution < 1.29 is 5.11 Å². The molecule has 0 amide bonds. The molecule has 0 bridgehead atoms. The zero-order chi connectivity index (χ0) is 23.1. The summed E-state index contributed by atoms with van der Waals surface area (Å²) in [5.74, 6) is 0.0675. The molecule has 4 aromatic rings.